The zero-order valence-corrected chi connectivity index (χ0v) is 10.1. The first-order valence-corrected chi connectivity index (χ1v) is 5.94. The summed E-state index contributed by atoms with van der Waals surface area (Å²) in [5, 5.41) is 3.31. The highest BCUT2D eigenvalue weighted by molar-refractivity contribution is 5.40. The maximum atomic E-state index is 12.9. The summed E-state index contributed by atoms with van der Waals surface area (Å²) >= 11 is 0. The summed E-state index contributed by atoms with van der Waals surface area (Å²) in [7, 11) is 0. The number of hydrogen-bond acceptors (Lipinski definition) is 2. The zero-order chi connectivity index (χ0) is 12.1. The summed E-state index contributed by atoms with van der Waals surface area (Å²) in [6.45, 7) is 6.86. The smallest absolute Gasteiger partial charge is 0.123 e. The van der Waals surface area contributed by atoms with E-state index in [1.165, 1.54) is 12.1 Å². The van der Waals surface area contributed by atoms with E-state index in [0.29, 0.717) is 0 Å². The monoisotopic (exact) mass is 232 g/mol. The predicted octanol–water partition coefficient (Wildman–Crippen LogP) is 1.39. The highest BCUT2D eigenvalue weighted by Crippen LogP contribution is 2.08. The summed E-state index contributed by atoms with van der Waals surface area (Å²) in [6, 6.07) is 4.73. The third kappa shape index (κ3) is 3.55. The van der Waals surface area contributed by atoms with Gasteiger partial charge in [0.1, 0.15) is 5.82 Å². The molecule has 0 unspecified atom stereocenters. The summed E-state index contributed by atoms with van der Waals surface area (Å²) in [6.07, 6.45) is 0. The molecule has 0 bridgehead atoms. The van der Waals surface area contributed by atoms with Crippen molar-refractivity contribution in [1.82, 2.24) is 10.2 Å². The molecule has 0 aliphatic carbocycles. The maximum absolute atomic E-state index is 12.9. The van der Waals surface area contributed by atoms with Crippen LogP contribution in [0, 0.1) is 24.6 Å². The molecule has 1 aromatic rings. The van der Waals surface area contributed by atoms with Gasteiger partial charge in [-0.2, -0.15) is 0 Å². The Bertz CT molecular complexity index is 439. The first kappa shape index (κ1) is 12.1. The fourth-order valence-electron chi connectivity index (χ4n) is 1.88. The van der Waals surface area contributed by atoms with Gasteiger partial charge in [0.25, 0.3) is 0 Å². The lowest BCUT2D eigenvalue weighted by molar-refractivity contribution is 0.268. The molecule has 1 fully saturated rings. The van der Waals surface area contributed by atoms with Crippen molar-refractivity contribution in [3.05, 3.63) is 35.1 Å². The van der Waals surface area contributed by atoms with Gasteiger partial charge >= 0.3 is 0 Å². The molecular formula is C14H17FN2. The Morgan fingerprint density at radius 2 is 2.12 bits per heavy atom. The second kappa shape index (κ2) is 5.81. The number of nitrogens with zero attached hydrogens (tertiary/aromatic N) is 1. The maximum Gasteiger partial charge on any atom is 0.123 e. The molecule has 2 nitrogen and oxygen atoms in total. The highest BCUT2D eigenvalue weighted by Gasteiger charge is 2.06. The van der Waals surface area contributed by atoms with Crippen LogP contribution in [0.3, 0.4) is 0 Å². The second-order valence-electron chi connectivity index (χ2n) is 4.29. The van der Waals surface area contributed by atoms with Crippen LogP contribution in [0.15, 0.2) is 18.2 Å². The molecule has 3 heteroatoms. The lowest BCUT2D eigenvalue weighted by Crippen LogP contribution is -2.43. The van der Waals surface area contributed by atoms with Crippen LogP contribution >= 0.6 is 0 Å². The number of benzene rings is 1. The van der Waals surface area contributed by atoms with E-state index in [0.717, 1.165) is 43.9 Å². The van der Waals surface area contributed by atoms with Gasteiger partial charge < -0.3 is 5.32 Å². The average molecular weight is 232 g/mol. The molecule has 1 N–H and O–H groups in total. The zero-order valence-electron chi connectivity index (χ0n) is 10.1. The third-order valence-electron chi connectivity index (χ3n) is 2.92. The van der Waals surface area contributed by atoms with E-state index >= 15 is 0 Å². The van der Waals surface area contributed by atoms with E-state index in [-0.39, 0.29) is 5.82 Å². The van der Waals surface area contributed by atoms with Crippen molar-refractivity contribution in [3.63, 3.8) is 0 Å². The van der Waals surface area contributed by atoms with Crippen molar-refractivity contribution in [1.29, 1.82) is 0 Å². The van der Waals surface area contributed by atoms with Crippen molar-refractivity contribution in [2.24, 2.45) is 0 Å². The van der Waals surface area contributed by atoms with E-state index in [1.54, 1.807) is 6.07 Å². The van der Waals surface area contributed by atoms with E-state index < -0.39 is 0 Å². The molecule has 90 valence electrons. The van der Waals surface area contributed by atoms with Gasteiger partial charge in [0.2, 0.25) is 0 Å². The summed E-state index contributed by atoms with van der Waals surface area (Å²) < 4.78 is 12.9. The first-order chi connectivity index (χ1) is 8.25. The Hall–Kier alpha value is -1.37. The van der Waals surface area contributed by atoms with Crippen LogP contribution in [0.1, 0.15) is 11.1 Å². The fourth-order valence-corrected chi connectivity index (χ4v) is 1.88. The summed E-state index contributed by atoms with van der Waals surface area (Å²) in [5.74, 6) is 6.07. The van der Waals surface area contributed by atoms with Crippen LogP contribution < -0.4 is 5.32 Å². The molecule has 0 atom stereocenters. The standard InChI is InChI=1S/C14H17FN2/c1-12-11-14(15)5-4-13(12)3-2-8-17-9-6-16-7-10-17/h4-5,11,16H,6-10H2,1H3. The van der Waals surface area contributed by atoms with Crippen LogP contribution in [-0.2, 0) is 0 Å². The number of nitrogens with one attached hydrogen (secondary N) is 1. The van der Waals surface area contributed by atoms with Crippen molar-refractivity contribution in [3.8, 4) is 11.8 Å². The molecule has 1 aliphatic heterocycles. The van der Waals surface area contributed by atoms with Gasteiger partial charge in [-0.25, -0.2) is 4.39 Å². The van der Waals surface area contributed by atoms with E-state index in [4.69, 9.17) is 0 Å². The van der Waals surface area contributed by atoms with Gasteiger partial charge in [0.05, 0.1) is 6.54 Å². The van der Waals surface area contributed by atoms with Crippen molar-refractivity contribution < 1.29 is 4.39 Å². The Balaban J connectivity index is 1.95. The summed E-state index contributed by atoms with van der Waals surface area (Å²) in [5.41, 5.74) is 1.82. The van der Waals surface area contributed by atoms with Gasteiger partial charge in [-0.05, 0) is 30.7 Å². The minimum Gasteiger partial charge on any atom is -0.314 e. The Kier molecular flexibility index (Phi) is 4.13. The molecule has 0 saturated carbocycles. The average Bonchev–Trinajstić information content (AvgIpc) is 2.33. The summed E-state index contributed by atoms with van der Waals surface area (Å²) in [4.78, 5) is 2.32. The second-order valence-corrected chi connectivity index (χ2v) is 4.29. The molecule has 1 aliphatic rings. The lowest BCUT2D eigenvalue weighted by Gasteiger charge is -2.24. The minimum absolute atomic E-state index is 0.199. The highest BCUT2D eigenvalue weighted by atomic mass is 19.1. The predicted molar refractivity (Wildman–Crippen MR) is 67.3 cm³/mol. The first-order valence-electron chi connectivity index (χ1n) is 5.94. The molecule has 0 spiro atoms. The van der Waals surface area contributed by atoms with Gasteiger partial charge in [0.15, 0.2) is 0 Å². The largest absolute Gasteiger partial charge is 0.314 e. The van der Waals surface area contributed by atoms with E-state index in [9.17, 15) is 4.39 Å². The van der Waals surface area contributed by atoms with Crippen LogP contribution in [-0.4, -0.2) is 37.6 Å². The SMILES string of the molecule is Cc1cc(F)ccc1C#CCN1CCNCC1. The Morgan fingerprint density at radius 1 is 1.35 bits per heavy atom. The van der Waals surface area contributed by atoms with Gasteiger partial charge in [-0.3, -0.25) is 4.90 Å². The van der Waals surface area contributed by atoms with E-state index in [2.05, 4.69) is 22.1 Å². The van der Waals surface area contributed by atoms with Crippen molar-refractivity contribution >= 4 is 0 Å². The van der Waals surface area contributed by atoms with Gasteiger partial charge in [0, 0.05) is 31.7 Å². The minimum atomic E-state index is -0.199. The van der Waals surface area contributed by atoms with Crippen LogP contribution in [0.2, 0.25) is 0 Å². The fraction of sp³-hybridized carbons (Fsp3) is 0.429. The molecule has 0 aromatic heterocycles. The third-order valence-corrected chi connectivity index (χ3v) is 2.92. The molecule has 1 aromatic carbocycles. The molecule has 0 amide bonds. The molecule has 1 saturated heterocycles. The number of rotatable bonds is 1. The Morgan fingerprint density at radius 3 is 2.82 bits per heavy atom. The number of aryl methyl sites for hydroxylation is 1. The normalized spacial score (nSPS) is 16.4. The molecular weight excluding hydrogens is 215 g/mol. The molecule has 2 rings (SSSR count). The quantitative estimate of drug-likeness (QED) is 0.736. The van der Waals surface area contributed by atoms with Crippen molar-refractivity contribution in [2.45, 2.75) is 6.92 Å². The van der Waals surface area contributed by atoms with E-state index in [1.807, 2.05) is 6.92 Å². The Labute approximate surface area is 102 Å². The van der Waals surface area contributed by atoms with Crippen LogP contribution in [0.25, 0.3) is 0 Å². The van der Waals surface area contributed by atoms with Crippen LogP contribution in [0.5, 0.6) is 0 Å². The number of piperazine rings is 1. The molecule has 17 heavy (non-hydrogen) atoms. The van der Waals surface area contributed by atoms with Gasteiger partial charge in [-0.15, -0.1) is 0 Å². The topological polar surface area (TPSA) is 15.3 Å². The van der Waals surface area contributed by atoms with Crippen LogP contribution in [0.4, 0.5) is 4.39 Å². The van der Waals surface area contributed by atoms with Crippen molar-refractivity contribution in [2.75, 3.05) is 32.7 Å². The molecule has 1 heterocycles. The molecule has 0 radical (unpaired) electrons. The van der Waals surface area contributed by atoms with Gasteiger partial charge in [-0.1, -0.05) is 11.8 Å². The lowest BCUT2D eigenvalue weighted by atomic mass is 10.1. The number of halogens is 1. The number of hydrogen-bond donors (Lipinski definition) is 1.